The van der Waals surface area contributed by atoms with Crippen molar-refractivity contribution in [3.63, 3.8) is 0 Å². The Morgan fingerprint density at radius 2 is 1.36 bits per heavy atom. The van der Waals surface area contributed by atoms with E-state index in [9.17, 15) is 0 Å². The molecule has 0 atom stereocenters. The molecule has 0 aliphatic rings. The zero-order valence-electron chi connectivity index (χ0n) is 7.88. The molecule has 0 aliphatic heterocycles. The highest BCUT2D eigenvalue weighted by Gasteiger charge is 1.97. The first-order valence-electron chi connectivity index (χ1n) is 4.29. The summed E-state index contributed by atoms with van der Waals surface area (Å²) in [6.07, 6.45) is 0. The van der Waals surface area contributed by atoms with E-state index in [4.69, 9.17) is 10.2 Å². The smallest absolute Gasteiger partial charge is 0.0558 e. The maximum Gasteiger partial charge on any atom is 0.0558 e. The lowest BCUT2D eigenvalue weighted by atomic mass is 10.5. The molecule has 3 nitrogen and oxygen atoms in total. The minimum Gasteiger partial charge on any atom is -0.395 e. The molecule has 0 spiro atoms. The van der Waals surface area contributed by atoms with E-state index in [2.05, 4.69) is 0 Å². The van der Waals surface area contributed by atoms with Crippen LogP contribution in [-0.2, 0) is 0 Å². The lowest BCUT2D eigenvalue weighted by Gasteiger charge is -2.16. The van der Waals surface area contributed by atoms with Crippen LogP contribution in [0, 0.1) is 0 Å². The normalized spacial score (nSPS) is 9.27. The lowest BCUT2D eigenvalue weighted by Crippen LogP contribution is -2.29. The molecular formula is C8H21NO2. The Morgan fingerprint density at radius 3 is 1.55 bits per heavy atom. The van der Waals surface area contributed by atoms with Crippen LogP contribution in [0.3, 0.4) is 0 Å². The summed E-state index contributed by atoms with van der Waals surface area (Å²) < 4.78 is 0. The van der Waals surface area contributed by atoms with Gasteiger partial charge in [0.05, 0.1) is 13.2 Å². The summed E-state index contributed by atoms with van der Waals surface area (Å²) in [5.74, 6) is 0. The Morgan fingerprint density at radius 1 is 1.00 bits per heavy atom. The number of aliphatic hydroxyl groups excluding tert-OH is 2. The van der Waals surface area contributed by atoms with Crippen molar-refractivity contribution < 1.29 is 10.2 Å². The SMILES string of the molecule is CC.CCN(CCO)CCO. The molecule has 0 aromatic carbocycles. The summed E-state index contributed by atoms with van der Waals surface area (Å²) >= 11 is 0. The molecule has 0 radical (unpaired) electrons. The van der Waals surface area contributed by atoms with Crippen molar-refractivity contribution in [1.29, 1.82) is 0 Å². The van der Waals surface area contributed by atoms with E-state index in [1.54, 1.807) is 0 Å². The van der Waals surface area contributed by atoms with Crippen molar-refractivity contribution in [2.75, 3.05) is 32.8 Å². The van der Waals surface area contributed by atoms with Gasteiger partial charge in [0.25, 0.3) is 0 Å². The molecule has 0 aromatic rings. The third-order valence-electron chi connectivity index (χ3n) is 1.28. The van der Waals surface area contributed by atoms with Crippen LogP contribution in [0.5, 0.6) is 0 Å². The van der Waals surface area contributed by atoms with Crippen molar-refractivity contribution in [1.82, 2.24) is 4.90 Å². The van der Waals surface area contributed by atoms with E-state index in [-0.39, 0.29) is 13.2 Å². The molecule has 0 aliphatic carbocycles. The van der Waals surface area contributed by atoms with Gasteiger partial charge in [0.1, 0.15) is 0 Å². The second-order valence-corrected chi connectivity index (χ2v) is 1.88. The zero-order chi connectivity index (χ0) is 9.11. The van der Waals surface area contributed by atoms with Crippen LogP contribution in [0.2, 0.25) is 0 Å². The lowest BCUT2D eigenvalue weighted by molar-refractivity contribution is 0.166. The molecule has 3 heteroatoms. The molecule has 70 valence electrons. The number of rotatable bonds is 5. The highest BCUT2D eigenvalue weighted by molar-refractivity contribution is 4.51. The van der Waals surface area contributed by atoms with Crippen LogP contribution < -0.4 is 0 Å². The highest BCUT2D eigenvalue weighted by Crippen LogP contribution is 1.83. The predicted octanol–water partition coefficient (Wildman–Crippen LogP) is 0.319. The monoisotopic (exact) mass is 163 g/mol. The topological polar surface area (TPSA) is 43.7 Å². The highest BCUT2D eigenvalue weighted by atomic mass is 16.3. The van der Waals surface area contributed by atoms with E-state index in [1.807, 2.05) is 25.7 Å². The number of hydrogen-bond acceptors (Lipinski definition) is 3. The Kier molecular flexibility index (Phi) is 15.4. The van der Waals surface area contributed by atoms with E-state index < -0.39 is 0 Å². The molecule has 0 rings (SSSR count). The van der Waals surface area contributed by atoms with Gasteiger partial charge in [-0.1, -0.05) is 20.8 Å². The first-order chi connectivity index (χ1) is 5.35. The van der Waals surface area contributed by atoms with Gasteiger partial charge in [0.2, 0.25) is 0 Å². The molecule has 0 unspecified atom stereocenters. The first-order valence-corrected chi connectivity index (χ1v) is 4.29. The molecule has 0 bridgehead atoms. The van der Waals surface area contributed by atoms with Crippen LogP contribution in [-0.4, -0.2) is 48.0 Å². The molecule has 11 heavy (non-hydrogen) atoms. The fourth-order valence-electron chi connectivity index (χ4n) is 0.711. The van der Waals surface area contributed by atoms with Gasteiger partial charge >= 0.3 is 0 Å². The van der Waals surface area contributed by atoms with Crippen LogP contribution in [0.4, 0.5) is 0 Å². The van der Waals surface area contributed by atoms with E-state index in [0.29, 0.717) is 13.1 Å². The Hall–Kier alpha value is -0.120. The second kappa shape index (κ2) is 12.5. The molecule has 0 heterocycles. The van der Waals surface area contributed by atoms with Crippen molar-refractivity contribution in [3.05, 3.63) is 0 Å². The molecule has 0 amide bonds. The molecule has 2 N–H and O–H groups in total. The van der Waals surface area contributed by atoms with Crippen LogP contribution in [0.1, 0.15) is 20.8 Å². The first kappa shape index (κ1) is 13.5. The number of aliphatic hydroxyl groups is 2. The molecule has 0 aromatic heterocycles. The average Bonchev–Trinajstić information content (AvgIpc) is 2.08. The fraction of sp³-hybridized carbons (Fsp3) is 1.00. The van der Waals surface area contributed by atoms with E-state index in [1.165, 1.54) is 0 Å². The Balaban J connectivity index is 0. The number of likely N-dealkylation sites (N-methyl/N-ethyl adjacent to an activating group) is 1. The summed E-state index contributed by atoms with van der Waals surface area (Å²) in [5.41, 5.74) is 0. The third kappa shape index (κ3) is 9.88. The van der Waals surface area contributed by atoms with Crippen molar-refractivity contribution in [2.45, 2.75) is 20.8 Å². The average molecular weight is 163 g/mol. The van der Waals surface area contributed by atoms with Crippen LogP contribution in [0.25, 0.3) is 0 Å². The van der Waals surface area contributed by atoms with Crippen molar-refractivity contribution >= 4 is 0 Å². The standard InChI is InChI=1S/C6H15NO2.C2H6/c1-2-7(3-5-8)4-6-9;1-2/h8-9H,2-6H2,1H3;1-2H3. The van der Waals surface area contributed by atoms with Crippen LogP contribution in [0.15, 0.2) is 0 Å². The van der Waals surface area contributed by atoms with Gasteiger partial charge < -0.3 is 10.2 Å². The van der Waals surface area contributed by atoms with Crippen LogP contribution >= 0.6 is 0 Å². The zero-order valence-corrected chi connectivity index (χ0v) is 7.88. The second-order valence-electron chi connectivity index (χ2n) is 1.88. The van der Waals surface area contributed by atoms with Gasteiger partial charge in [0.15, 0.2) is 0 Å². The third-order valence-corrected chi connectivity index (χ3v) is 1.28. The summed E-state index contributed by atoms with van der Waals surface area (Å²) in [4.78, 5) is 1.99. The fourth-order valence-corrected chi connectivity index (χ4v) is 0.711. The molecule has 0 fully saturated rings. The van der Waals surface area contributed by atoms with Crippen molar-refractivity contribution in [2.24, 2.45) is 0 Å². The van der Waals surface area contributed by atoms with Gasteiger partial charge in [0, 0.05) is 13.1 Å². The van der Waals surface area contributed by atoms with Crippen molar-refractivity contribution in [3.8, 4) is 0 Å². The van der Waals surface area contributed by atoms with E-state index >= 15 is 0 Å². The Bertz CT molecular complexity index is 54.1. The maximum atomic E-state index is 8.47. The maximum absolute atomic E-state index is 8.47. The summed E-state index contributed by atoms with van der Waals surface area (Å²) in [6.45, 7) is 8.57. The molecule has 0 saturated carbocycles. The number of hydrogen-bond donors (Lipinski definition) is 2. The molecule has 0 saturated heterocycles. The van der Waals surface area contributed by atoms with Gasteiger partial charge in [-0.15, -0.1) is 0 Å². The van der Waals surface area contributed by atoms with E-state index in [0.717, 1.165) is 6.54 Å². The quantitative estimate of drug-likeness (QED) is 0.613. The minimum atomic E-state index is 0.174. The summed E-state index contributed by atoms with van der Waals surface area (Å²) in [6, 6.07) is 0. The largest absolute Gasteiger partial charge is 0.395 e. The van der Waals surface area contributed by atoms with Gasteiger partial charge in [-0.05, 0) is 6.54 Å². The Labute approximate surface area is 69.6 Å². The minimum absolute atomic E-state index is 0.174. The van der Waals surface area contributed by atoms with Gasteiger partial charge in [-0.3, -0.25) is 4.90 Å². The predicted molar refractivity (Wildman–Crippen MR) is 47.6 cm³/mol. The number of nitrogens with zero attached hydrogens (tertiary/aromatic N) is 1. The summed E-state index contributed by atoms with van der Waals surface area (Å²) in [7, 11) is 0. The van der Waals surface area contributed by atoms with Gasteiger partial charge in [-0.2, -0.15) is 0 Å². The van der Waals surface area contributed by atoms with Gasteiger partial charge in [-0.25, -0.2) is 0 Å². The molecular weight excluding hydrogens is 142 g/mol. The summed E-state index contributed by atoms with van der Waals surface area (Å²) in [5, 5.41) is 16.9.